The third-order valence-electron chi connectivity index (χ3n) is 4.74. The van der Waals surface area contributed by atoms with Crippen molar-refractivity contribution in [3.05, 3.63) is 70.5 Å². The summed E-state index contributed by atoms with van der Waals surface area (Å²) in [4.78, 5) is 24.1. The largest absolute Gasteiger partial charge is 0.388 e. The molecule has 6 heteroatoms. The number of esters is 2. The summed E-state index contributed by atoms with van der Waals surface area (Å²) >= 11 is 1.54. The molecular formula is C20H12FNO3S. The second kappa shape index (κ2) is 5.51. The molecule has 0 fully saturated rings. The second-order valence-electron chi connectivity index (χ2n) is 6.27. The zero-order valence-corrected chi connectivity index (χ0v) is 14.3. The fraction of sp³-hybridized carbons (Fsp3) is 0.100. The molecule has 26 heavy (non-hydrogen) atoms. The fourth-order valence-electron chi connectivity index (χ4n) is 3.63. The molecule has 1 aliphatic heterocycles. The molecule has 0 atom stereocenters. The topological polar surface area (TPSA) is 48.3 Å². The van der Waals surface area contributed by atoms with E-state index in [1.807, 2.05) is 34.2 Å². The Bertz CT molecular complexity index is 1220. The van der Waals surface area contributed by atoms with E-state index in [-0.39, 0.29) is 12.2 Å². The quantitative estimate of drug-likeness (QED) is 0.393. The summed E-state index contributed by atoms with van der Waals surface area (Å²) in [6, 6.07) is 12.3. The van der Waals surface area contributed by atoms with Crippen LogP contribution < -0.4 is 0 Å². The zero-order valence-electron chi connectivity index (χ0n) is 13.5. The molecule has 128 valence electrons. The number of hydrogen-bond acceptors (Lipinski definition) is 4. The van der Waals surface area contributed by atoms with Crippen molar-refractivity contribution in [3.8, 4) is 0 Å². The van der Waals surface area contributed by atoms with Crippen molar-refractivity contribution in [1.29, 1.82) is 0 Å². The highest BCUT2D eigenvalue weighted by Gasteiger charge is 2.31. The number of nitrogens with zero attached hydrogens (tertiary/aromatic N) is 1. The van der Waals surface area contributed by atoms with Gasteiger partial charge in [-0.15, -0.1) is 11.3 Å². The first-order chi connectivity index (χ1) is 12.6. The number of halogens is 1. The van der Waals surface area contributed by atoms with Crippen molar-refractivity contribution in [1.82, 2.24) is 4.57 Å². The standard InChI is InChI=1S/C20H12FNO3S/c21-12-5-6-17-14(7-12)11(10-26-17)9-22-16-4-2-1-3-13(16)15-8-18(23)25-20(24)19(15)22/h1-7,10H,8-9H2. The van der Waals surface area contributed by atoms with Gasteiger partial charge in [-0.05, 0) is 35.2 Å². The van der Waals surface area contributed by atoms with Gasteiger partial charge in [0, 0.05) is 33.1 Å². The van der Waals surface area contributed by atoms with Crippen LogP contribution in [0.1, 0.15) is 21.6 Å². The number of hydrogen-bond donors (Lipinski definition) is 0. The molecule has 0 saturated heterocycles. The number of cyclic esters (lactones) is 2. The van der Waals surface area contributed by atoms with Crippen LogP contribution in [0.15, 0.2) is 47.8 Å². The number of benzene rings is 2. The van der Waals surface area contributed by atoms with E-state index >= 15 is 0 Å². The third kappa shape index (κ3) is 2.19. The van der Waals surface area contributed by atoms with Crippen molar-refractivity contribution in [2.75, 3.05) is 0 Å². The van der Waals surface area contributed by atoms with Gasteiger partial charge in [-0.3, -0.25) is 4.79 Å². The van der Waals surface area contributed by atoms with E-state index < -0.39 is 11.9 Å². The van der Waals surface area contributed by atoms with Crippen LogP contribution in [0.2, 0.25) is 0 Å². The molecule has 0 unspecified atom stereocenters. The Hall–Kier alpha value is -2.99. The number of fused-ring (bicyclic) bond motifs is 4. The second-order valence-corrected chi connectivity index (χ2v) is 7.18. The van der Waals surface area contributed by atoms with E-state index in [0.29, 0.717) is 17.8 Å². The number of carbonyl (C=O) groups is 2. The summed E-state index contributed by atoms with van der Waals surface area (Å²) in [5.41, 5.74) is 2.90. The predicted molar refractivity (Wildman–Crippen MR) is 96.9 cm³/mol. The van der Waals surface area contributed by atoms with E-state index in [2.05, 4.69) is 0 Å². The lowest BCUT2D eigenvalue weighted by Gasteiger charge is -2.14. The maximum absolute atomic E-state index is 13.7. The Morgan fingerprint density at radius 2 is 1.96 bits per heavy atom. The van der Waals surface area contributed by atoms with Gasteiger partial charge in [0.15, 0.2) is 0 Å². The zero-order chi connectivity index (χ0) is 17.8. The molecule has 0 bridgehead atoms. The molecule has 0 aliphatic carbocycles. The summed E-state index contributed by atoms with van der Waals surface area (Å²) in [7, 11) is 0. The van der Waals surface area contributed by atoms with Gasteiger partial charge < -0.3 is 9.30 Å². The Morgan fingerprint density at radius 3 is 2.85 bits per heavy atom. The first-order valence-electron chi connectivity index (χ1n) is 8.12. The van der Waals surface area contributed by atoms with Crippen molar-refractivity contribution < 1.29 is 18.7 Å². The Morgan fingerprint density at radius 1 is 1.12 bits per heavy atom. The molecule has 0 radical (unpaired) electrons. The lowest BCUT2D eigenvalue weighted by atomic mass is 10.1. The van der Waals surface area contributed by atoms with Gasteiger partial charge in [0.25, 0.3) is 0 Å². The summed E-state index contributed by atoms with van der Waals surface area (Å²) < 4.78 is 21.4. The van der Waals surface area contributed by atoms with Crippen LogP contribution in [-0.4, -0.2) is 16.5 Å². The summed E-state index contributed by atoms with van der Waals surface area (Å²) in [6.07, 6.45) is 0.0770. The van der Waals surface area contributed by atoms with Crippen molar-refractivity contribution in [2.45, 2.75) is 13.0 Å². The number of rotatable bonds is 2. The average molecular weight is 365 g/mol. The molecule has 0 spiro atoms. The number of ether oxygens (including phenoxy) is 1. The van der Waals surface area contributed by atoms with Crippen LogP contribution in [0.5, 0.6) is 0 Å². The van der Waals surface area contributed by atoms with E-state index in [0.717, 1.165) is 26.6 Å². The summed E-state index contributed by atoms with van der Waals surface area (Å²) in [6.45, 7) is 0.405. The van der Waals surface area contributed by atoms with Crippen LogP contribution in [0, 0.1) is 5.82 Å². The number of aromatic nitrogens is 1. The molecular weight excluding hydrogens is 353 g/mol. The van der Waals surface area contributed by atoms with Crippen molar-refractivity contribution in [2.24, 2.45) is 0 Å². The first kappa shape index (κ1) is 15.3. The molecule has 2 aromatic carbocycles. The summed E-state index contributed by atoms with van der Waals surface area (Å²) in [5.74, 6) is -1.45. The molecule has 0 saturated carbocycles. The molecule has 1 aliphatic rings. The van der Waals surface area contributed by atoms with Crippen LogP contribution >= 0.6 is 11.3 Å². The van der Waals surface area contributed by atoms with Crippen LogP contribution in [0.25, 0.3) is 21.0 Å². The summed E-state index contributed by atoms with van der Waals surface area (Å²) in [5, 5.41) is 3.69. The molecule has 3 heterocycles. The van der Waals surface area contributed by atoms with Gasteiger partial charge in [-0.25, -0.2) is 9.18 Å². The van der Waals surface area contributed by atoms with Gasteiger partial charge in [-0.1, -0.05) is 18.2 Å². The monoisotopic (exact) mass is 365 g/mol. The van der Waals surface area contributed by atoms with E-state index in [9.17, 15) is 14.0 Å². The minimum atomic E-state index is -0.627. The van der Waals surface area contributed by atoms with Gasteiger partial charge in [-0.2, -0.15) is 0 Å². The minimum Gasteiger partial charge on any atom is -0.388 e. The Labute approximate surface area is 151 Å². The number of carbonyl (C=O) groups excluding carboxylic acids is 2. The highest BCUT2D eigenvalue weighted by molar-refractivity contribution is 7.17. The maximum atomic E-state index is 13.7. The van der Waals surface area contributed by atoms with Crippen molar-refractivity contribution >= 4 is 44.3 Å². The molecule has 2 aromatic heterocycles. The van der Waals surface area contributed by atoms with E-state index in [1.54, 1.807) is 6.07 Å². The smallest absolute Gasteiger partial charge is 0.362 e. The van der Waals surface area contributed by atoms with Crippen LogP contribution in [0.4, 0.5) is 4.39 Å². The molecule has 4 nitrogen and oxygen atoms in total. The lowest BCUT2D eigenvalue weighted by molar-refractivity contribution is -0.137. The van der Waals surface area contributed by atoms with Gasteiger partial charge >= 0.3 is 11.9 Å². The molecule has 4 aromatic rings. The van der Waals surface area contributed by atoms with Crippen LogP contribution in [0.3, 0.4) is 0 Å². The third-order valence-corrected chi connectivity index (χ3v) is 5.75. The number of thiophene rings is 1. The molecule has 0 amide bonds. The predicted octanol–water partition coefficient (Wildman–Crippen LogP) is 4.28. The lowest BCUT2D eigenvalue weighted by Crippen LogP contribution is -2.25. The SMILES string of the molecule is O=C1Cc2c(n(Cc3csc4ccc(F)cc34)c3ccccc23)C(=O)O1. The van der Waals surface area contributed by atoms with Gasteiger partial charge in [0.1, 0.15) is 11.5 Å². The highest BCUT2D eigenvalue weighted by Crippen LogP contribution is 2.33. The normalized spacial score (nSPS) is 14.0. The number of para-hydroxylation sites is 1. The van der Waals surface area contributed by atoms with Gasteiger partial charge in [0.2, 0.25) is 0 Å². The van der Waals surface area contributed by atoms with Crippen molar-refractivity contribution in [3.63, 3.8) is 0 Å². The Balaban J connectivity index is 1.74. The average Bonchev–Trinajstić information content (AvgIpc) is 3.15. The highest BCUT2D eigenvalue weighted by atomic mass is 32.1. The fourth-order valence-corrected chi connectivity index (χ4v) is 4.56. The molecule has 5 rings (SSSR count). The minimum absolute atomic E-state index is 0.0770. The van der Waals surface area contributed by atoms with Gasteiger partial charge in [0.05, 0.1) is 6.42 Å². The van der Waals surface area contributed by atoms with E-state index in [1.165, 1.54) is 23.5 Å². The first-order valence-corrected chi connectivity index (χ1v) is 9.00. The maximum Gasteiger partial charge on any atom is 0.362 e. The van der Waals surface area contributed by atoms with E-state index in [4.69, 9.17) is 4.74 Å². The molecule has 0 N–H and O–H groups in total. The Kier molecular flexibility index (Phi) is 3.24. The van der Waals surface area contributed by atoms with Crippen LogP contribution in [-0.2, 0) is 22.5 Å².